The molecule has 0 aliphatic rings. The molecule has 2 aromatic carbocycles. The molecule has 0 bridgehead atoms. The number of hydrogen-bond donors (Lipinski definition) is 1. The fraction of sp³-hybridized carbons (Fsp3) is 0.133. The van der Waals surface area contributed by atoms with Crippen molar-refractivity contribution in [3.8, 4) is 5.75 Å². The first-order chi connectivity index (χ1) is 9.54. The zero-order valence-corrected chi connectivity index (χ0v) is 10.8. The Morgan fingerprint density at radius 2 is 1.85 bits per heavy atom. The Morgan fingerprint density at radius 3 is 2.55 bits per heavy atom. The minimum atomic E-state index is -0.509. The first kappa shape index (κ1) is 14.0. The van der Waals surface area contributed by atoms with Gasteiger partial charge in [-0.25, -0.2) is 8.78 Å². The van der Waals surface area contributed by atoms with E-state index in [0.29, 0.717) is 5.75 Å². The summed E-state index contributed by atoms with van der Waals surface area (Å²) in [6.45, 7) is 1.52. The molecule has 0 radical (unpaired) electrons. The second-order valence-electron chi connectivity index (χ2n) is 4.27. The number of halogens is 2. The molecule has 3 nitrogen and oxygen atoms in total. The van der Waals surface area contributed by atoms with E-state index in [1.165, 1.54) is 36.4 Å². The molecule has 0 aliphatic heterocycles. The quantitative estimate of drug-likeness (QED) is 0.931. The second-order valence-corrected chi connectivity index (χ2v) is 4.27. The molecule has 2 rings (SSSR count). The maximum Gasteiger partial charge on any atom is 0.262 e. The first-order valence-electron chi connectivity index (χ1n) is 5.99. The molecule has 0 aromatic heterocycles. The molecular weight excluding hydrogens is 264 g/mol. The van der Waals surface area contributed by atoms with Gasteiger partial charge >= 0.3 is 0 Å². The van der Waals surface area contributed by atoms with Gasteiger partial charge in [0.1, 0.15) is 17.4 Å². The summed E-state index contributed by atoms with van der Waals surface area (Å²) in [4.78, 5) is 11.6. The molecule has 0 saturated heterocycles. The molecular formula is C15H13F2NO2. The fourth-order valence-electron chi connectivity index (χ4n) is 1.60. The summed E-state index contributed by atoms with van der Waals surface area (Å²) in [5.41, 5.74) is 0.943. The van der Waals surface area contributed by atoms with Gasteiger partial charge in [-0.05, 0) is 48.9 Å². The largest absolute Gasteiger partial charge is 0.484 e. The SMILES string of the molecule is Cc1ccc(F)c(NC(=O)COc2ccc(F)cc2)c1. The molecule has 0 fully saturated rings. The highest BCUT2D eigenvalue weighted by molar-refractivity contribution is 5.92. The van der Waals surface area contributed by atoms with Gasteiger partial charge in [-0.3, -0.25) is 4.79 Å². The number of hydrogen-bond acceptors (Lipinski definition) is 2. The summed E-state index contributed by atoms with van der Waals surface area (Å²) < 4.78 is 31.3. The topological polar surface area (TPSA) is 38.3 Å². The van der Waals surface area contributed by atoms with Crippen molar-refractivity contribution in [3.05, 3.63) is 59.7 Å². The number of nitrogens with one attached hydrogen (secondary N) is 1. The van der Waals surface area contributed by atoms with Crippen molar-refractivity contribution in [1.82, 2.24) is 0 Å². The van der Waals surface area contributed by atoms with Crippen molar-refractivity contribution < 1.29 is 18.3 Å². The molecule has 0 aliphatic carbocycles. The van der Waals surface area contributed by atoms with Crippen molar-refractivity contribution >= 4 is 11.6 Å². The normalized spacial score (nSPS) is 10.2. The third-order valence-corrected chi connectivity index (χ3v) is 2.58. The Morgan fingerprint density at radius 1 is 1.15 bits per heavy atom. The number of anilines is 1. The van der Waals surface area contributed by atoms with E-state index in [1.54, 1.807) is 13.0 Å². The highest BCUT2D eigenvalue weighted by Crippen LogP contribution is 2.16. The lowest BCUT2D eigenvalue weighted by molar-refractivity contribution is -0.118. The number of rotatable bonds is 4. The molecule has 0 atom stereocenters. The Bertz CT molecular complexity index is 612. The van der Waals surface area contributed by atoms with Crippen LogP contribution in [0.2, 0.25) is 0 Å². The van der Waals surface area contributed by atoms with Crippen LogP contribution in [0, 0.1) is 18.6 Å². The molecule has 0 unspecified atom stereocenters. The van der Waals surface area contributed by atoms with Gasteiger partial charge < -0.3 is 10.1 Å². The summed E-state index contributed by atoms with van der Waals surface area (Å²) in [7, 11) is 0. The molecule has 0 saturated carbocycles. The predicted octanol–water partition coefficient (Wildman–Crippen LogP) is 3.29. The van der Waals surface area contributed by atoms with Gasteiger partial charge in [0.25, 0.3) is 5.91 Å². The maximum atomic E-state index is 13.4. The Kier molecular flexibility index (Phi) is 4.30. The monoisotopic (exact) mass is 277 g/mol. The summed E-state index contributed by atoms with van der Waals surface area (Å²) in [5.74, 6) is -1.01. The highest BCUT2D eigenvalue weighted by atomic mass is 19.1. The fourth-order valence-corrected chi connectivity index (χ4v) is 1.60. The van der Waals surface area contributed by atoms with Gasteiger partial charge in [0, 0.05) is 0 Å². The van der Waals surface area contributed by atoms with Gasteiger partial charge in [0.2, 0.25) is 0 Å². The second kappa shape index (κ2) is 6.14. The van der Waals surface area contributed by atoms with E-state index < -0.39 is 11.7 Å². The van der Waals surface area contributed by atoms with Crippen LogP contribution in [-0.2, 0) is 4.79 Å². The number of carbonyl (C=O) groups is 1. The van der Waals surface area contributed by atoms with Crippen LogP contribution in [-0.4, -0.2) is 12.5 Å². The lowest BCUT2D eigenvalue weighted by Gasteiger charge is -2.08. The molecule has 0 heterocycles. The molecule has 104 valence electrons. The average Bonchev–Trinajstić information content (AvgIpc) is 2.42. The standard InChI is InChI=1S/C15H13F2NO2/c1-10-2-7-13(17)14(8-10)18-15(19)9-20-12-5-3-11(16)4-6-12/h2-8H,9H2,1H3,(H,18,19). The molecule has 2 aromatic rings. The van der Waals surface area contributed by atoms with Gasteiger partial charge in [-0.15, -0.1) is 0 Å². The van der Waals surface area contributed by atoms with E-state index in [-0.39, 0.29) is 18.1 Å². The zero-order chi connectivity index (χ0) is 14.5. The van der Waals surface area contributed by atoms with Crippen molar-refractivity contribution in [1.29, 1.82) is 0 Å². The van der Waals surface area contributed by atoms with Crippen LogP contribution in [0.3, 0.4) is 0 Å². The molecule has 5 heteroatoms. The van der Waals surface area contributed by atoms with Crippen molar-refractivity contribution in [2.75, 3.05) is 11.9 Å². The molecule has 20 heavy (non-hydrogen) atoms. The van der Waals surface area contributed by atoms with Crippen molar-refractivity contribution in [2.45, 2.75) is 6.92 Å². The number of carbonyl (C=O) groups excluding carboxylic acids is 1. The predicted molar refractivity (Wildman–Crippen MR) is 71.7 cm³/mol. The molecule has 1 amide bonds. The van der Waals surface area contributed by atoms with Crippen molar-refractivity contribution in [3.63, 3.8) is 0 Å². The van der Waals surface area contributed by atoms with E-state index in [1.807, 2.05) is 0 Å². The smallest absolute Gasteiger partial charge is 0.262 e. The number of amides is 1. The van der Waals surface area contributed by atoms with Gasteiger partial charge in [-0.1, -0.05) is 6.07 Å². The average molecular weight is 277 g/mol. The Hall–Kier alpha value is -2.43. The van der Waals surface area contributed by atoms with Crippen LogP contribution in [0.5, 0.6) is 5.75 Å². The lowest BCUT2D eigenvalue weighted by Crippen LogP contribution is -2.20. The maximum absolute atomic E-state index is 13.4. The van der Waals surface area contributed by atoms with E-state index in [2.05, 4.69) is 5.32 Å². The number of ether oxygens (including phenoxy) is 1. The molecule has 1 N–H and O–H groups in total. The van der Waals surface area contributed by atoms with E-state index in [4.69, 9.17) is 4.74 Å². The molecule has 0 spiro atoms. The van der Waals surface area contributed by atoms with Crippen LogP contribution in [0.15, 0.2) is 42.5 Å². The summed E-state index contributed by atoms with van der Waals surface area (Å²) in [6, 6.07) is 9.71. The summed E-state index contributed by atoms with van der Waals surface area (Å²) in [6.07, 6.45) is 0. The minimum absolute atomic E-state index is 0.109. The zero-order valence-electron chi connectivity index (χ0n) is 10.8. The highest BCUT2D eigenvalue weighted by Gasteiger charge is 2.08. The van der Waals surface area contributed by atoms with Crippen LogP contribution in [0.1, 0.15) is 5.56 Å². The lowest BCUT2D eigenvalue weighted by atomic mass is 10.2. The van der Waals surface area contributed by atoms with Crippen LogP contribution in [0.25, 0.3) is 0 Å². The minimum Gasteiger partial charge on any atom is -0.484 e. The van der Waals surface area contributed by atoms with Gasteiger partial charge in [0.15, 0.2) is 6.61 Å². The Labute approximate surface area is 115 Å². The first-order valence-corrected chi connectivity index (χ1v) is 5.99. The van der Waals surface area contributed by atoms with E-state index in [0.717, 1.165) is 5.56 Å². The van der Waals surface area contributed by atoms with Crippen LogP contribution < -0.4 is 10.1 Å². The van der Waals surface area contributed by atoms with Crippen LogP contribution in [0.4, 0.5) is 14.5 Å². The van der Waals surface area contributed by atoms with Gasteiger partial charge in [0.05, 0.1) is 5.69 Å². The third-order valence-electron chi connectivity index (χ3n) is 2.58. The third kappa shape index (κ3) is 3.78. The number of aryl methyl sites for hydroxylation is 1. The van der Waals surface area contributed by atoms with Gasteiger partial charge in [-0.2, -0.15) is 0 Å². The number of benzene rings is 2. The van der Waals surface area contributed by atoms with Crippen molar-refractivity contribution in [2.24, 2.45) is 0 Å². The Balaban J connectivity index is 1.92. The van der Waals surface area contributed by atoms with E-state index >= 15 is 0 Å². The summed E-state index contributed by atoms with van der Waals surface area (Å²) >= 11 is 0. The summed E-state index contributed by atoms with van der Waals surface area (Å²) in [5, 5.41) is 2.42. The van der Waals surface area contributed by atoms with E-state index in [9.17, 15) is 13.6 Å². The van der Waals surface area contributed by atoms with Crippen LogP contribution >= 0.6 is 0 Å².